The molecule has 0 saturated carbocycles. The molecule has 7 heteroatoms. The largest absolute Gasteiger partial charge is 0.496 e. The number of rotatable bonds is 6. The van der Waals surface area contributed by atoms with E-state index in [0.717, 1.165) is 54.3 Å². The number of aliphatic hydroxyl groups is 1. The Labute approximate surface area is 151 Å². The second-order valence-corrected chi connectivity index (χ2v) is 6.31. The fourth-order valence-electron chi connectivity index (χ4n) is 3.34. The van der Waals surface area contributed by atoms with E-state index in [9.17, 15) is 5.11 Å². The molecule has 7 nitrogen and oxygen atoms in total. The van der Waals surface area contributed by atoms with E-state index >= 15 is 0 Å². The molecule has 1 fully saturated rings. The van der Waals surface area contributed by atoms with Crippen LogP contribution in [0.2, 0.25) is 0 Å². The molecule has 2 N–H and O–H groups in total. The first-order chi connectivity index (χ1) is 12.8. The number of benzene rings is 1. The molecule has 3 aromatic rings. The Bertz CT molecular complexity index is 903. The minimum atomic E-state index is -0.0926. The number of methoxy groups -OCH3 is 1. The van der Waals surface area contributed by atoms with Gasteiger partial charge in [0.15, 0.2) is 5.65 Å². The van der Waals surface area contributed by atoms with Crippen molar-refractivity contribution in [2.45, 2.75) is 25.6 Å². The van der Waals surface area contributed by atoms with Gasteiger partial charge in [0.2, 0.25) is 0 Å². The molecule has 0 unspecified atom stereocenters. The lowest BCUT2D eigenvalue weighted by molar-refractivity contribution is 0.120. The molecule has 0 radical (unpaired) electrons. The average Bonchev–Trinajstić information content (AvgIpc) is 3.33. The molecule has 26 heavy (non-hydrogen) atoms. The Morgan fingerprint density at radius 3 is 3.12 bits per heavy atom. The molecule has 3 heterocycles. The number of aliphatic hydroxyl groups excluding tert-OH is 1. The lowest BCUT2D eigenvalue weighted by atomic mass is 10.1. The van der Waals surface area contributed by atoms with Crippen LogP contribution in [0.5, 0.6) is 5.75 Å². The number of nitrogens with zero attached hydrogens (tertiary/aromatic N) is 3. The summed E-state index contributed by atoms with van der Waals surface area (Å²) < 4.78 is 13.0. The standard InChI is InChI=1S/C19H22N4O3/c1-25-16-5-4-13(9-14(16)12-24)18-19(21-10-15-3-2-8-26-15)23-7-6-20-11-17(23)22-18/h4-7,9,11,15,21,24H,2-3,8,10,12H2,1H3/t15-/m0/s1. The molecule has 2 aromatic heterocycles. The highest BCUT2D eigenvalue weighted by Gasteiger charge is 2.19. The predicted octanol–water partition coefficient (Wildman–Crippen LogP) is 2.49. The van der Waals surface area contributed by atoms with Gasteiger partial charge in [-0.2, -0.15) is 0 Å². The van der Waals surface area contributed by atoms with Gasteiger partial charge in [0.05, 0.1) is 26.0 Å². The molecule has 1 aromatic carbocycles. The van der Waals surface area contributed by atoms with Crippen molar-refractivity contribution in [3.8, 4) is 17.0 Å². The third-order valence-electron chi connectivity index (χ3n) is 4.68. The van der Waals surface area contributed by atoms with Gasteiger partial charge in [-0.25, -0.2) is 4.98 Å². The Morgan fingerprint density at radius 2 is 2.35 bits per heavy atom. The maximum atomic E-state index is 9.63. The van der Waals surface area contributed by atoms with E-state index in [2.05, 4.69) is 10.3 Å². The van der Waals surface area contributed by atoms with E-state index in [1.54, 1.807) is 19.5 Å². The van der Waals surface area contributed by atoms with Gasteiger partial charge >= 0.3 is 0 Å². The zero-order valence-corrected chi connectivity index (χ0v) is 14.7. The van der Waals surface area contributed by atoms with E-state index in [1.807, 2.05) is 28.8 Å². The van der Waals surface area contributed by atoms with Gasteiger partial charge in [-0.05, 0) is 31.0 Å². The van der Waals surface area contributed by atoms with Gasteiger partial charge in [0.1, 0.15) is 17.3 Å². The molecule has 0 aliphatic carbocycles. The highest BCUT2D eigenvalue weighted by atomic mass is 16.5. The molecular weight excluding hydrogens is 332 g/mol. The van der Waals surface area contributed by atoms with Crippen LogP contribution >= 0.6 is 0 Å². The number of fused-ring (bicyclic) bond motifs is 1. The van der Waals surface area contributed by atoms with Crippen LogP contribution in [-0.4, -0.2) is 45.8 Å². The molecule has 1 saturated heterocycles. The first kappa shape index (κ1) is 16.8. The summed E-state index contributed by atoms with van der Waals surface area (Å²) in [7, 11) is 1.60. The Hall–Kier alpha value is -2.64. The SMILES string of the molecule is COc1ccc(-c2nc3cnccn3c2NC[C@@H]2CCCO2)cc1CO. The first-order valence-corrected chi connectivity index (χ1v) is 8.76. The van der Waals surface area contributed by atoms with Gasteiger partial charge in [0.25, 0.3) is 0 Å². The summed E-state index contributed by atoms with van der Waals surface area (Å²) in [5, 5.41) is 13.1. The van der Waals surface area contributed by atoms with Crippen LogP contribution in [0, 0.1) is 0 Å². The molecule has 4 rings (SSSR count). The molecule has 0 amide bonds. The molecule has 1 aliphatic heterocycles. The molecular formula is C19H22N4O3. The quantitative estimate of drug-likeness (QED) is 0.708. The van der Waals surface area contributed by atoms with Crippen LogP contribution in [0.3, 0.4) is 0 Å². The van der Waals surface area contributed by atoms with Crippen LogP contribution < -0.4 is 10.1 Å². The number of hydrogen-bond donors (Lipinski definition) is 2. The van der Waals surface area contributed by atoms with E-state index < -0.39 is 0 Å². The summed E-state index contributed by atoms with van der Waals surface area (Å²) >= 11 is 0. The zero-order valence-electron chi connectivity index (χ0n) is 14.7. The number of anilines is 1. The number of aromatic nitrogens is 3. The maximum absolute atomic E-state index is 9.63. The molecule has 1 aliphatic rings. The fraction of sp³-hybridized carbons (Fsp3) is 0.368. The second-order valence-electron chi connectivity index (χ2n) is 6.31. The third kappa shape index (κ3) is 3.11. The van der Waals surface area contributed by atoms with Crippen molar-refractivity contribution in [3.05, 3.63) is 42.4 Å². The highest BCUT2D eigenvalue weighted by molar-refractivity contribution is 5.77. The maximum Gasteiger partial charge on any atom is 0.157 e. The minimum Gasteiger partial charge on any atom is -0.496 e. The van der Waals surface area contributed by atoms with Crippen LogP contribution in [0.1, 0.15) is 18.4 Å². The third-order valence-corrected chi connectivity index (χ3v) is 4.68. The molecule has 136 valence electrons. The van der Waals surface area contributed by atoms with Gasteiger partial charge in [0, 0.05) is 36.7 Å². The monoisotopic (exact) mass is 354 g/mol. The number of nitrogens with one attached hydrogen (secondary N) is 1. The predicted molar refractivity (Wildman–Crippen MR) is 98.4 cm³/mol. The van der Waals surface area contributed by atoms with E-state index in [0.29, 0.717) is 5.75 Å². The van der Waals surface area contributed by atoms with Crippen molar-refractivity contribution >= 4 is 11.5 Å². The summed E-state index contributed by atoms with van der Waals surface area (Å²) in [5.74, 6) is 1.56. The summed E-state index contributed by atoms with van der Waals surface area (Å²) in [5.41, 5.74) is 3.21. The Kier molecular flexibility index (Phi) is 4.73. The number of imidazole rings is 1. The fourth-order valence-corrected chi connectivity index (χ4v) is 3.34. The smallest absolute Gasteiger partial charge is 0.157 e. The Balaban J connectivity index is 1.74. The highest BCUT2D eigenvalue weighted by Crippen LogP contribution is 2.32. The lowest BCUT2D eigenvalue weighted by Gasteiger charge is -2.14. The van der Waals surface area contributed by atoms with Crippen molar-refractivity contribution in [1.29, 1.82) is 0 Å². The average molecular weight is 354 g/mol. The van der Waals surface area contributed by atoms with E-state index in [4.69, 9.17) is 14.5 Å². The van der Waals surface area contributed by atoms with Crippen molar-refractivity contribution < 1.29 is 14.6 Å². The minimum absolute atomic E-state index is 0.0926. The number of hydrogen-bond acceptors (Lipinski definition) is 6. The van der Waals surface area contributed by atoms with Crippen molar-refractivity contribution in [3.63, 3.8) is 0 Å². The zero-order chi connectivity index (χ0) is 17.9. The van der Waals surface area contributed by atoms with Gasteiger partial charge in [-0.15, -0.1) is 0 Å². The molecule has 0 spiro atoms. The first-order valence-electron chi connectivity index (χ1n) is 8.76. The van der Waals surface area contributed by atoms with Crippen LogP contribution in [0.4, 0.5) is 5.82 Å². The lowest BCUT2D eigenvalue weighted by Crippen LogP contribution is -2.19. The van der Waals surface area contributed by atoms with E-state index in [-0.39, 0.29) is 12.7 Å². The molecule has 1 atom stereocenters. The van der Waals surface area contributed by atoms with Crippen LogP contribution in [0.25, 0.3) is 16.9 Å². The second kappa shape index (κ2) is 7.31. The molecule has 0 bridgehead atoms. The van der Waals surface area contributed by atoms with Gasteiger partial charge < -0.3 is 19.9 Å². The normalized spacial score (nSPS) is 16.9. The van der Waals surface area contributed by atoms with Crippen molar-refractivity contribution in [1.82, 2.24) is 14.4 Å². The van der Waals surface area contributed by atoms with Crippen molar-refractivity contribution in [2.24, 2.45) is 0 Å². The summed E-state index contributed by atoms with van der Waals surface area (Å²) in [6.45, 7) is 1.46. The van der Waals surface area contributed by atoms with Crippen LogP contribution in [-0.2, 0) is 11.3 Å². The van der Waals surface area contributed by atoms with E-state index in [1.165, 1.54) is 0 Å². The van der Waals surface area contributed by atoms with Crippen molar-refractivity contribution in [2.75, 3.05) is 25.6 Å². The summed E-state index contributed by atoms with van der Waals surface area (Å²) in [4.78, 5) is 8.90. The summed E-state index contributed by atoms with van der Waals surface area (Å²) in [6.07, 6.45) is 7.76. The summed E-state index contributed by atoms with van der Waals surface area (Å²) in [6, 6.07) is 5.71. The van der Waals surface area contributed by atoms with Gasteiger partial charge in [-0.1, -0.05) is 0 Å². The van der Waals surface area contributed by atoms with Crippen LogP contribution in [0.15, 0.2) is 36.8 Å². The topological polar surface area (TPSA) is 80.9 Å². The number of ether oxygens (including phenoxy) is 2. The van der Waals surface area contributed by atoms with Gasteiger partial charge in [-0.3, -0.25) is 9.38 Å². The Morgan fingerprint density at radius 1 is 1.42 bits per heavy atom.